The summed E-state index contributed by atoms with van der Waals surface area (Å²) in [4.78, 5) is 59.4. The predicted molar refractivity (Wildman–Crippen MR) is 294 cm³/mol. The summed E-state index contributed by atoms with van der Waals surface area (Å²) in [6, 6.07) is 22.9. The van der Waals surface area contributed by atoms with E-state index >= 15 is 0 Å². The number of anilines is 2. The summed E-state index contributed by atoms with van der Waals surface area (Å²) < 4.78 is 22.9. The van der Waals surface area contributed by atoms with Crippen molar-refractivity contribution in [3.8, 4) is 11.5 Å². The molecule has 0 radical (unpaired) electrons. The molecule has 2 spiro atoms. The Labute approximate surface area is 456 Å². The van der Waals surface area contributed by atoms with Crippen LogP contribution < -0.4 is 19.3 Å². The Morgan fingerprint density at radius 1 is 0.579 bits per heavy atom. The number of nitrogens with zero attached hydrogens (tertiary/aromatic N) is 4. The summed E-state index contributed by atoms with van der Waals surface area (Å²) in [7, 11) is 5.77. The molecule has 0 saturated carbocycles. The smallest absolute Gasteiger partial charge is 0.343 e. The van der Waals surface area contributed by atoms with Gasteiger partial charge in [-0.25, -0.2) is 9.59 Å². The Morgan fingerprint density at radius 3 is 1.41 bits per heavy atom. The van der Waals surface area contributed by atoms with Crippen LogP contribution in [0.3, 0.4) is 0 Å². The third-order valence-corrected chi connectivity index (χ3v) is 16.9. The molecule has 0 unspecified atom stereocenters. The molecule has 4 aliphatic heterocycles. The van der Waals surface area contributed by atoms with Gasteiger partial charge in [0.1, 0.15) is 11.5 Å². The van der Waals surface area contributed by atoms with Gasteiger partial charge in [0.05, 0.1) is 51.6 Å². The Balaban J connectivity index is 0.000000186. The fourth-order valence-electron chi connectivity index (χ4n) is 12.1. The first-order valence-corrected chi connectivity index (χ1v) is 27.3. The van der Waals surface area contributed by atoms with Crippen molar-refractivity contribution in [2.24, 2.45) is 0 Å². The van der Waals surface area contributed by atoms with Crippen molar-refractivity contribution in [3.05, 3.63) is 141 Å². The van der Waals surface area contributed by atoms with E-state index in [4.69, 9.17) is 42.1 Å². The Hall–Kier alpha value is -6.06. The number of carbonyl (C=O) groups is 4. The fraction of sp³-hybridized carbons (Fsp3) is 0.467. The van der Waals surface area contributed by atoms with E-state index in [9.17, 15) is 29.4 Å². The lowest BCUT2D eigenvalue weighted by Crippen LogP contribution is -2.46. The van der Waals surface area contributed by atoms with Gasteiger partial charge >= 0.3 is 11.9 Å². The minimum absolute atomic E-state index is 0.212. The molecule has 404 valence electrons. The number of ether oxygens (including phenoxy) is 4. The third-order valence-electron chi connectivity index (χ3n) is 16.4. The van der Waals surface area contributed by atoms with E-state index < -0.39 is 36.0 Å². The van der Waals surface area contributed by atoms with Crippen LogP contribution in [-0.2, 0) is 63.5 Å². The van der Waals surface area contributed by atoms with Gasteiger partial charge in [0.25, 0.3) is 0 Å². The molecule has 0 saturated heterocycles. The van der Waals surface area contributed by atoms with Crippen LogP contribution >= 0.6 is 23.2 Å². The maximum absolute atomic E-state index is 13.0. The van der Waals surface area contributed by atoms with E-state index in [1.54, 1.807) is 50.5 Å². The van der Waals surface area contributed by atoms with Gasteiger partial charge in [-0.1, -0.05) is 71.8 Å². The summed E-state index contributed by atoms with van der Waals surface area (Å²) in [5.41, 5.74) is 2.69. The number of aliphatic hydroxyl groups is 2. The van der Waals surface area contributed by atoms with Crippen LogP contribution in [-0.4, -0.2) is 125 Å². The lowest BCUT2D eigenvalue weighted by molar-refractivity contribution is -0.168. The van der Waals surface area contributed by atoms with Crippen molar-refractivity contribution in [3.63, 3.8) is 0 Å². The molecule has 16 heteroatoms. The van der Waals surface area contributed by atoms with Crippen LogP contribution in [0.4, 0.5) is 11.4 Å². The molecule has 10 rings (SSSR count). The minimum Gasteiger partial charge on any atom is -0.490 e. The molecule has 6 aliphatic rings. The van der Waals surface area contributed by atoms with Gasteiger partial charge in [-0.15, -0.1) is 0 Å². The topological polar surface area (TPSA) is 159 Å². The highest BCUT2D eigenvalue weighted by Gasteiger charge is 2.47. The summed E-state index contributed by atoms with van der Waals surface area (Å²) >= 11 is 12.7. The predicted octanol–water partition coefficient (Wildman–Crippen LogP) is 8.74. The molecule has 4 heterocycles. The van der Waals surface area contributed by atoms with Gasteiger partial charge in [0.2, 0.25) is 11.8 Å². The number of esters is 2. The zero-order valence-electron chi connectivity index (χ0n) is 44.1. The van der Waals surface area contributed by atoms with Crippen molar-refractivity contribution >= 4 is 58.3 Å². The van der Waals surface area contributed by atoms with E-state index in [-0.39, 0.29) is 22.6 Å². The van der Waals surface area contributed by atoms with Crippen molar-refractivity contribution in [1.29, 1.82) is 0 Å². The normalized spacial score (nSPS) is 26.6. The van der Waals surface area contributed by atoms with E-state index in [1.165, 1.54) is 46.3 Å². The van der Waals surface area contributed by atoms with Crippen LogP contribution in [0, 0.1) is 0 Å². The van der Waals surface area contributed by atoms with Gasteiger partial charge in [0, 0.05) is 74.2 Å². The highest BCUT2D eigenvalue weighted by Crippen LogP contribution is 2.48. The number of carbonyl (C=O) groups excluding carboxylic acids is 4. The van der Waals surface area contributed by atoms with E-state index in [0.717, 1.165) is 112 Å². The first-order chi connectivity index (χ1) is 36.5. The molecule has 4 aromatic carbocycles. The number of hydrogen-bond donors (Lipinski definition) is 2. The van der Waals surface area contributed by atoms with Crippen molar-refractivity contribution in [2.45, 2.75) is 99.1 Å². The number of allylic oxidation sites excluding steroid dienone is 2. The number of fused-ring (bicyclic) bond motifs is 6. The summed E-state index contributed by atoms with van der Waals surface area (Å²) in [6.45, 7) is 4.88. The number of benzene rings is 4. The van der Waals surface area contributed by atoms with E-state index in [2.05, 4.69) is 46.2 Å². The fourth-order valence-corrected chi connectivity index (χ4v) is 12.5. The Morgan fingerprint density at radius 2 is 1.00 bits per heavy atom. The lowest BCUT2D eigenvalue weighted by Gasteiger charge is -2.41. The number of aryl methyl sites for hydroxylation is 2. The van der Waals surface area contributed by atoms with Gasteiger partial charge in [0.15, 0.2) is 11.2 Å². The van der Waals surface area contributed by atoms with Crippen LogP contribution in [0.25, 0.3) is 0 Å². The van der Waals surface area contributed by atoms with Crippen molar-refractivity contribution in [2.75, 3.05) is 90.6 Å². The summed E-state index contributed by atoms with van der Waals surface area (Å²) in [5, 5.41) is 24.7. The zero-order chi connectivity index (χ0) is 53.8. The van der Waals surface area contributed by atoms with Crippen LogP contribution in [0.15, 0.2) is 97.1 Å². The molecule has 4 atom stereocenters. The molecule has 0 aromatic heterocycles. The van der Waals surface area contributed by atoms with Crippen molar-refractivity contribution in [1.82, 2.24) is 9.80 Å². The van der Waals surface area contributed by atoms with E-state index in [0.29, 0.717) is 48.9 Å². The highest BCUT2D eigenvalue weighted by molar-refractivity contribution is 6.31. The monoisotopic (exact) mass is 1080 g/mol. The minimum atomic E-state index is -2.12. The first-order valence-electron chi connectivity index (χ1n) is 26.5. The van der Waals surface area contributed by atoms with Gasteiger partial charge in [-0.3, -0.25) is 9.59 Å². The first kappa shape index (κ1) is 54.7. The zero-order valence-corrected chi connectivity index (χ0v) is 45.6. The van der Waals surface area contributed by atoms with Crippen LogP contribution in [0.1, 0.15) is 97.6 Å². The number of hydrogen-bond acceptors (Lipinski definition) is 12. The SMILES string of the molecule is COC(=O)[C@@]1(O)CC(=O)N(C)C/C=C/CCCN2C[C@@]3(CCCc4cc(Cl)ccc43)COc3ccc1cc32.COC(=O)[C@]1(O)CC(=O)N(C)C/C=C/CCCN2C[C@@]3(CCCc4cc(Cl)ccc43)COc3ccc1cc32. The van der Waals surface area contributed by atoms with Crippen molar-refractivity contribution < 1.29 is 48.3 Å². The van der Waals surface area contributed by atoms with Crippen LogP contribution in [0.5, 0.6) is 11.5 Å². The third kappa shape index (κ3) is 11.1. The summed E-state index contributed by atoms with van der Waals surface area (Å²) in [6.07, 6.45) is 16.9. The molecule has 4 aromatic rings. The number of rotatable bonds is 2. The molecule has 14 nitrogen and oxygen atoms in total. The van der Waals surface area contributed by atoms with Gasteiger partial charge in [-0.2, -0.15) is 0 Å². The average Bonchev–Trinajstić information content (AvgIpc) is 3.67. The second-order valence-electron chi connectivity index (χ2n) is 21.5. The number of likely N-dealkylation sites (N-methyl/N-ethyl adjacent to an activating group) is 2. The molecule has 2 aliphatic carbocycles. The number of methoxy groups -OCH3 is 2. The summed E-state index contributed by atoms with van der Waals surface area (Å²) in [5.74, 6) is -1.02. The highest BCUT2D eigenvalue weighted by atomic mass is 35.5. The standard InChI is InChI=1S/2C30H35ClN2O5/c2*1-32-14-5-3-4-6-15-33-19-29(13-7-8-21-16-23(31)10-11-24(21)29)20-38-26-12-9-22(17-25(26)33)30(36,18-27(32)34)28(35)37-2/h2*3,5,9-12,16-17,36H,4,6-8,13-15,18-20H2,1-2H3/b2*5-3+/t29-,30+;29-,30-/m00/s1. The molecule has 0 fully saturated rings. The second-order valence-corrected chi connectivity index (χ2v) is 22.4. The van der Waals surface area contributed by atoms with Crippen LogP contribution in [0.2, 0.25) is 10.0 Å². The largest absolute Gasteiger partial charge is 0.490 e. The van der Waals surface area contributed by atoms with Gasteiger partial charge in [-0.05, 0) is 146 Å². The average molecular weight is 1080 g/mol. The quantitative estimate of drug-likeness (QED) is 0.146. The van der Waals surface area contributed by atoms with E-state index in [1.807, 2.05) is 24.3 Å². The molecule has 4 bridgehead atoms. The van der Waals surface area contributed by atoms with Gasteiger partial charge < -0.3 is 48.8 Å². The lowest BCUT2D eigenvalue weighted by atomic mass is 9.70. The Kier molecular flexibility index (Phi) is 16.5. The Bertz CT molecular complexity index is 2720. The molecule has 2 amide bonds. The maximum atomic E-state index is 13.0. The molecule has 76 heavy (non-hydrogen) atoms. The number of halogens is 2. The second kappa shape index (κ2) is 22.9. The molecular formula is C60H70Cl2N4O10. The maximum Gasteiger partial charge on any atom is 0.343 e. The number of amides is 2. The molecule has 2 N–H and O–H groups in total. The molecular weight excluding hydrogens is 1010 g/mol.